The van der Waals surface area contributed by atoms with Crippen LogP contribution in [-0.2, 0) is 15.5 Å². The number of halogens is 1. The lowest BCUT2D eigenvalue weighted by Crippen LogP contribution is -2.38. The van der Waals surface area contributed by atoms with E-state index in [-0.39, 0.29) is 10.8 Å². The number of carbonyl (C=O) groups excluding carboxylic acids is 1. The van der Waals surface area contributed by atoms with Gasteiger partial charge in [0, 0.05) is 29.3 Å². The van der Waals surface area contributed by atoms with Gasteiger partial charge in [0.1, 0.15) is 0 Å². The Bertz CT molecular complexity index is 844. The number of benzene rings is 2. The number of amides is 1. The maximum Gasteiger partial charge on any atom is 0.261 e. The van der Waals surface area contributed by atoms with E-state index in [1.165, 1.54) is 17.7 Å². The van der Waals surface area contributed by atoms with Crippen LogP contribution in [0.4, 0.5) is 0 Å². The van der Waals surface area contributed by atoms with Gasteiger partial charge in [-0.05, 0) is 48.9 Å². The van der Waals surface area contributed by atoms with Crippen LogP contribution in [0.5, 0.6) is 0 Å². The second-order valence-electron chi connectivity index (χ2n) is 6.39. The molecule has 0 bridgehead atoms. The van der Waals surface area contributed by atoms with Crippen LogP contribution in [0.2, 0.25) is 0 Å². The zero-order chi connectivity index (χ0) is 17.9. The van der Waals surface area contributed by atoms with Gasteiger partial charge in [-0.15, -0.1) is 0 Å². The van der Waals surface area contributed by atoms with Gasteiger partial charge in [0.25, 0.3) is 15.0 Å². The second kappa shape index (κ2) is 7.58. The molecule has 0 N–H and O–H groups in total. The first-order chi connectivity index (χ1) is 11.9. The van der Waals surface area contributed by atoms with E-state index in [0.717, 1.165) is 19.3 Å². The van der Waals surface area contributed by atoms with Crippen LogP contribution >= 0.6 is 10.7 Å². The summed E-state index contributed by atoms with van der Waals surface area (Å²) >= 11 is 0. The summed E-state index contributed by atoms with van der Waals surface area (Å²) in [6, 6.07) is 16.3. The Morgan fingerprint density at radius 1 is 1.04 bits per heavy atom. The van der Waals surface area contributed by atoms with Crippen LogP contribution in [0, 0.1) is 5.92 Å². The number of likely N-dealkylation sites (tertiary alicyclic amines) is 1. The van der Waals surface area contributed by atoms with E-state index in [9.17, 15) is 13.2 Å². The van der Waals surface area contributed by atoms with Crippen molar-refractivity contribution in [3.63, 3.8) is 0 Å². The van der Waals surface area contributed by atoms with Crippen molar-refractivity contribution in [2.45, 2.75) is 24.2 Å². The summed E-state index contributed by atoms with van der Waals surface area (Å²) in [5, 5.41) is 0. The number of hydrogen-bond donors (Lipinski definition) is 0. The van der Waals surface area contributed by atoms with Gasteiger partial charge in [-0.25, -0.2) is 8.42 Å². The average molecular weight is 378 g/mol. The first-order valence-electron chi connectivity index (χ1n) is 8.31. The van der Waals surface area contributed by atoms with Crippen molar-refractivity contribution < 1.29 is 13.2 Å². The number of carbonyl (C=O) groups is 1. The molecule has 0 unspecified atom stereocenters. The third kappa shape index (κ3) is 4.61. The second-order valence-corrected chi connectivity index (χ2v) is 8.96. The molecule has 1 fully saturated rings. The van der Waals surface area contributed by atoms with Crippen LogP contribution in [0.1, 0.15) is 28.8 Å². The van der Waals surface area contributed by atoms with Gasteiger partial charge in [0.15, 0.2) is 0 Å². The first kappa shape index (κ1) is 18.0. The van der Waals surface area contributed by atoms with Crippen LogP contribution in [0.15, 0.2) is 59.5 Å². The van der Waals surface area contributed by atoms with Crippen molar-refractivity contribution in [3.05, 3.63) is 65.7 Å². The molecule has 0 aromatic heterocycles. The lowest BCUT2D eigenvalue weighted by Gasteiger charge is -2.32. The lowest BCUT2D eigenvalue weighted by atomic mass is 9.90. The Labute approximate surface area is 152 Å². The van der Waals surface area contributed by atoms with Crippen molar-refractivity contribution in [2.75, 3.05) is 13.1 Å². The van der Waals surface area contributed by atoms with Crippen LogP contribution in [0.3, 0.4) is 0 Å². The number of piperidine rings is 1. The molecular weight excluding hydrogens is 358 g/mol. The predicted molar refractivity (Wildman–Crippen MR) is 98.3 cm³/mol. The van der Waals surface area contributed by atoms with Crippen molar-refractivity contribution >= 4 is 25.6 Å². The highest BCUT2D eigenvalue weighted by Crippen LogP contribution is 2.24. The fourth-order valence-electron chi connectivity index (χ4n) is 3.25. The van der Waals surface area contributed by atoms with Gasteiger partial charge in [-0.2, -0.15) is 0 Å². The zero-order valence-corrected chi connectivity index (χ0v) is 15.3. The van der Waals surface area contributed by atoms with Crippen LogP contribution in [-0.4, -0.2) is 32.3 Å². The quantitative estimate of drug-likeness (QED) is 0.763. The maximum absolute atomic E-state index is 12.6. The highest BCUT2D eigenvalue weighted by atomic mass is 35.7. The highest BCUT2D eigenvalue weighted by molar-refractivity contribution is 8.13. The maximum atomic E-state index is 12.6. The Morgan fingerprint density at radius 2 is 1.72 bits per heavy atom. The minimum atomic E-state index is -3.83. The number of rotatable bonds is 4. The van der Waals surface area contributed by atoms with E-state index < -0.39 is 9.05 Å². The largest absolute Gasteiger partial charge is 0.339 e. The fourth-order valence-corrected chi connectivity index (χ4v) is 4.05. The molecule has 1 aliphatic heterocycles. The molecule has 3 rings (SSSR count). The number of hydrogen-bond acceptors (Lipinski definition) is 3. The van der Waals surface area contributed by atoms with Crippen LogP contribution < -0.4 is 0 Å². The summed E-state index contributed by atoms with van der Waals surface area (Å²) < 4.78 is 22.9. The molecule has 0 saturated carbocycles. The lowest BCUT2D eigenvalue weighted by molar-refractivity contribution is 0.0690. The summed E-state index contributed by atoms with van der Waals surface area (Å²) in [5.41, 5.74) is 1.69. The molecule has 1 heterocycles. The highest BCUT2D eigenvalue weighted by Gasteiger charge is 2.24. The first-order valence-corrected chi connectivity index (χ1v) is 10.6. The normalized spacial score (nSPS) is 16.0. The Balaban J connectivity index is 1.62. The summed E-state index contributed by atoms with van der Waals surface area (Å²) in [6.45, 7) is 1.38. The topological polar surface area (TPSA) is 54.5 Å². The molecule has 132 valence electrons. The number of nitrogens with zero attached hydrogens (tertiary/aromatic N) is 1. The van der Waals surface area contributed by atoms with E-state index in [0.29, 0.717) is 24.6 Å². The molecule has 2 aromatic carbocycles. The third-order valence-corrected chi connectivity index (χ3v) is 5.98. The monoisotopic (exact) mass is 377 g/mol. The molecule has 6 heteroatoms. The molecule has 4 nitrogen and oxygen atoms in total. The summed E-state index contributed by atoms with van der Waals surface area (Å²) in [6.07, 6.45) is 2.94. The van der Waals surface area contributed by atoms with Gasteiger partial charge in [0.05, 0.1) is 4.90 Å². The van der Waals surface area contributed by atoms with E-state index in [1.54, 1.807) is 17.0 Å². The van der Waals surface area contributed by atoms with Gasteiger partial charge in [0.2, 0.25) is 0 Å². The standard InChI is InChI=1S/C19H20ClNO3S/c20-25(23,24)18-8-4-7-17(14-18)19(22)21-11-9-16(10-12-21)13-15-5-2-1-3-6-15/h1-8,14,16H,9-13H2. The summed E-state index contributed by atoms with van der Waals surface area (Å²) in [7, 11) is 1.53. The molecular formula is C19H20ClNO3S. The minimum Gasteiger partial charge on any atom is -0.339 e. The van der Waals surface area contributed by atoms with E-state index in [2.05, 4.69) is 12.1 Å². The minimum absolute atomic E-state index is 0.0426. The van der Waals surface area contributed by atoms with E-state index in [1.807, 2.05) is 18.2 Å². The molecule has 0 spiro atoms. The molecule has 0 radical (unpaired) electrons. The molecule has 0 aliphatic carbocycles. The summed E-state index contributed by atoms with van der Waals surface area (Å²) in [4.78, 5) is 14.4. The van der Waals surface area contributed by atoms with E-state index >= 15 is 0 Å². The molecule has 1 amide bonds. The molecule has 25 heavy (non-hydrogen) atoms. The van der Waals surface area contributed by atoms with Crippen LogP contribution in [0.25, 0.3) is 0 Å². The van der Waals surface area contributed by atoms with Crippen molar-refractivity contribution in [2.24, 2.45) is 5.92 Å². The summed E-state index contributed by atoms with van der Waals surface area (Å²) in [5.74, 6) is 0.432. The SMILES string of the molecule is O=C(c1cccc(S(=O)(=O)Cl)c1)N1CCC(Cc2ccccc2)CC1. The van der Waals surface area contributed by atoms with Crippen molar-refractivity contribution in [1.82, 2.24) is 4.90 Å². The van der Waals surface area contributed by atoms with Gasteiger partial charge < -0.3 is 4.90 Å². The van der Waals surface area contributed by atoms with Crippen molar-refractivity contribution in [3.8, 4) is 0 Å². The van der Waals surface area contributed by atoms with E-state index in [4.69, 9.17) is 10.7 Å². The molecule has 1 aliphatic rings. The smallest absolute Gasteiger partial charge is 0.261 e. The Hall–Kier alpha value is -1.85. The van der Waals surface area contributed by atoms with Gasteiger partial charge in [-0.3, -0.25) is 4.79 Å². The van der Waals surface area contributed by atoms with Gasteiger partial charge >= 0.3 is 0 Å². The Morgan fingerprint density at radius 3 is 2.36 bits per heavy atom. The predicted octanol–water partition coefficient (Wildman–Crippen LogP) is 3.71. The van der Waals surface area contributed by atoms with Gasteiger partial charge in [-0.1, -0.05) is 36.4 Å². The Kier molecular flexibility index (Phi) is 5.45. The molecule has 0 atom stereocenters. The van der Waals surface area contributed by atoms with Crippen molar-refractivity contribution in [1.29, 1.82) is 0 Å². The average Bonchev–Trinajstić information content (AvgIpc) is 2.62. The fraction of sp³-hybridized carbons (Fsp3) is 0.316. The molecule has 2 aromatic rings. The molecule has 1 saturated heterocycles. The third-order valence-electron chi connectivity index (χ3n) is 4.63. The zero-order valence-electron chi connectivity index (χ0n) is 13.8.